The minimum atomic E-state index is 0.638. The molecular formula is C17H30. The van der Waals surface area contributed by atoms with Gasteiger partial charge >= 0.3 is 0 Å². The van der Waals surface area contributed by atoms with E-state index in [-0.39, 0.29) is 0 Å². The van der Waals surface area contributed by atoms with Gasteiger partial charge in [0.2, 0.25) is 0 Å². The quantitative estimate of drug-likeness (QED) is 0.545. The van der Waals surface area contributed by atoms with Crippen LogP contribution in [0.3, 0.4) is 0 Å². The van der Waals surface area contributed by atoms with Crippen molar-refractivity contribution >= 4 is 0 Å². The van der Waals surface area contributed by atoms with E-state index in [4.69, 9.17) is 0 Å². The molecule has 0 radical (unpaired) electrons. The zero-order valence-corrected chi connectivity index (χ0v) is 12.2. The Balaban J connectivity index is 1.88. The lowest BCUT2D eigenvalue weighted by Gasteiger charge is -2.40. The molecule has 3 rings (SSSR count). The highest BCUT2D eigenvalue weighted by molar-refractivity contribution is 5.05. The van der Waals surface area contributed by atoms with Crippen LogP contribution in [0.15, 0.2) is 0 Å². The standard InChI is InChI=1S/C17H30/c1-11-5-7-13-14-8-6-12(2)10-16(14)17(3,4)15(13)9-11/h11-16H,5-10H2,1-4H3/t11-,12?,13?,14?,15?,16?/m0/s1. The van der Waals surface area contributed by atoms with Gasteiger partial charge in [-0.2, -0.15) is 0 Å². The van der Waals surface area contributed by atoms with Crippen LogP contribution in [0.25, 0.3) is 0 Å². The molecule has 0 heterocycles. The van der Waals surface area contributed by atoms with E-state index in [1.54, 1.807) is 12.8 Å². The van der Waals surface area contributed by atoms with Crippen LogP contribution in [0.2, 0.25) is 0 Å². The Morgan fingerprint density at radius 1 is 0.706 bits per heavy atom. The van der Waals surface area contributed by atoms with E-state index >= 15 is 0 Å². The molecule has 0 aromatic heterocycles. The SMILES string of the molecule is CC1CCC2C3CC[C@H](C)CC3C(C)(C)C2C1. The fourth-order valence-electron chi connectivity index (χ4n) is 5.82. The summed E-state index contributed by atoms with van der Waals surface area (Å²) < 4.78 is 0. The summed E-state index contributed by atoms with van der Waals surface area (Å²) in [4.78, 5) is 0. The number of hydrogen-bond acceptors (Lipinski definition) is 0. The fraction of sp³-hybridized carbons (Fsp3) is 1.00. The molecule has 3 aliphatic rings. The second-order valence-corrected chi connectivity index (χ2v) is 8.20. The van der Waals surface area contributed by atoms with Crippen molar-refractivity contribution in [2.24, 2.45) is 40.9 Å². The van der Waals surface area contributed by atoms with Crippen LogP contribution in [0.1, 0.15) is 66.2 Å². The van der Waals surface area contributed by atoms with Gasteiger partial charge in [0.1, 0.15) is 0 Å². The van der Waals surface area contributed by atoms with Crippen molar-refractivity contribution in [2.45, 2.75) is 66.2 Å². The lowest BCUT2D eigenvalue weighted by atomic mass is 9.65. The molecule has 3 aliphatic carbocycles. The van der Waals surface area contributed by atoms with Crippen molar-refractivity contribution in [1.29, 1.82) is 0 Å². The summed E-state index contributed by atoms with van der Waals surface area (Å²) in [7, 11) is 0. The molecule has 0 aromatic rings. The van der Waals surface area contributed by atoms with Gasteiger partial charge in [-0.05, 0) is 66.6 Å². The van der Waals surface area contributed by atoms with Crippen LogP contribution in [0, 0.1) is 40.9 Å². The highest BCUT2D eigenvalue weighted by Gasteiger charge is 2.56. The molecule has 6 atom stereocenters. The summed E-state index contributed by atoms with van der Waals surface area (Å²) in [5.74, 6) is 6.27. The molecule has 17 heavy (non-hydrogen) atoms. The van der Waals surface area contributed by atoms with Crippen LogP contribution < -0.4 is 0 Å². The minimum absolute atomic E-state index is 0.638. The Labute approximate surface area is 108 Å². The van der Waals surface area contributed by atoms with Gasteiger partial charge in [0.15, 0.2) is 0 Å². The third kappa shape index (κ3) is 1.78. The van der Waals surface area contributed by atoms with E-state index in [2.05, 4.69) is 27.7 Å². The van der Waals surface area contributed by atoms with Gasteiger partial charge in [-0.1, -0.05) is 40.5 Å². The van der Waals surface area contributed by atoms with Crippen LogP contribution in [0.4, 0.5) is 0 Å². The zero-order chi connectivity index (χ0) is 12.2. The molecule has 3 saturated carbocycles. The molecule has 0 bridgehead atoms. The average molecular weight is 234 g/mol. The Morgan fingerprint density at radius 3 is 1.53 bits per heavy atom. The van der Waals surface area contributed by atoms with Crippen molar-refractivity contribution in [3.05, 3.63) is 0 Å². The third-order valence-electron chi connectivity index (χ3n) is 6.79. The first kappa shape index (κ1) is 12.1. The van der Waals surface area contributed by atoms with Crippen LogP contribution >= 0.6 is 0 Å². The molecule has 5 unspecified atom stereocenters. The van der Waals surface area contributed by atoms with Gasteiger partial charge in [0.25, 0.3) is 0 Å². The maximum absolute atomic E-state index is 2.60. The molecule has 0 spiro atoms. The van der Waals surface area contributed by atoms with Gasteiger partial charge in [0.05, 0.1) is 0 Å². The first-order valence-corrected chi connectivity index (χ1v) is 8.00. The second kappa shape index (κ2) is 4.00. The zero-order valence-electron chi connectivity index (χ0n) is 12.2. The summed E-state index contributed by atoms with van der Waals surface area (Å²) in [6.07, 6.45) is 9.17. The minimum Gasteiger partial charge on any atom is -0.0625 e. The molecule has 0 heteroatoms. The monoisotopic (exact) mass is 234 g/mol. The average Bonchev–Trinajstić information content (AvgIpc) is 2.49. The van der Waals surface area contributed by atoms with E-state index in [1.807, 2.05) is 0 Å². The third-order valence-corrected chi connectivity index (χ3v) is 6.79. The predicted octanol–water partition coefficient (Wildman–Crippen LogP) is 5.13. The number of hydrogen-bond donors (Lipinski definition) is 0. The Hall–Kier alpha value is 0. The van der Waals surface area contributed by atoms with E-state index in [0.717, 1.165) is 35.5 Å². The highest BCUT2D eigenvalue weighted by atomic mass is 14.6. The lowest BCUT2D eigenvalue weighted by Crippen LogP contribution is -2.31. The van der Waals surface area contributed by atoms with Crippen molar-refractivity contribution < 1.29 is 0 Å². The molecule has 0 amide bonds. The molecule has 98 valence electrons. The van der Waals surface area contributed by atoms with Crippen LogP contribution in [0.5, 0.6) is 0 Å². The van der Waals surface area contributed by atoms with E-state index in [0.29, 0.717) is 5.41 Å². The van der Waals surface area contributed by atoms with Crippen LogP contribution in [-0.2, 0) is 0 Å². The van der Waals surface area contributed by atoms with Crippen molar-refractivity contribution in [2.75, 3.05) is 0 Å². The molecule has 0 saturated heterocycles. The normalized spacial score (nSPS) is 52.9. The Kier molecular flexibility index (Phi) is 2.84. The van der Waals surface area contributed by atoms with Gasteiger partial charge in [-0.15, -0.1) is 0 Å². The summed E-state index contributed by atoms with van der Waals surface area (Å²) in [6.45, 7) is 10.2. The van der Waals surface area contributed by atoms with Gasteiger partial charge in [-0.25, -0.2) is 0 Å². The summed E-state index contributed by atoms with van der Waals surface area (Å²) in [6, 6.07) is 0. The number of rotatable bonds is 0. The summed E-state index contributed by atoms with van der Waals surface area (Å²) in [5, 5.41) is 0. The molecule has 0 aliphatic heterocycles. The van der Waals surface area contributed by atoms with Crippen molar-refractivity contribution in [3.8, 4) is 0 Å². The van der Waals surface area contributed by atoms with E-state index < -0.39 is 0 Å². The smallest absolute Gasteiger partial charge is 0.0292 e. The van der Waals surface area contributed by atoms with Gasteiger partial charge < -0.3 is 0 Å². The molecule has 0 aromatic carbocycles. The molecule has 0 N–H and O–H groups in total. The van der Waals surface area contributed by atoms with Crippen molar-refractivity contribution in [3.63, 3.8) is 0 Å². The van der Waals surface area contributed by atoms with Crippen molar-refractivity contribution in [1.82, 2.24) is 0 Å². The molecule has 3 fully saturated rings. The Morgan fingerprint density at radius 2 is 1.12 bits per heavy atom. The topological polar surface area (TPSA) is 0 Å². The van der Waals surface area contributed by atoms with Gasteiger partial charge in [0, 0.05) is 0 Å². The maximum Gasteiger partial charge on any atom is -0.0292 e. The lowest BCUT2D eigenvalue weighted by molar-refractivity contribution is 0.0970. The molecule has 0 nitrogen and oxygen atoms in total. The van der Waals surface area contributed by atoms with E-state index in [9.17, 15) is 0 Å². The first-order valence-electron chi connectivity index (χ1n) is 8.00. The largest absolute Gasteiger partial charge is 0.0625 e. The summed E-state index contributed by atoms with van der Waals surface area (Å²) >= 11 is 0. The maximum atomic E-state index is 2.60. The van der Waals surface area contributed by atoms with E-state index in [1.165, 1.54) is 25.7 Å². The fourth-order valence-corrected chi connectivity index (χ4v) is 5.82. The van der Waals surface area contributed by atoms with Gasteiger partial charge in [-0.3, -0.25) is 0 Å². The number of fused-ring (bicyclic) bond motifs is 3. The summed E-state index contributed by atoms with van der Waals surface area (Å²) in [5.41, 5.74) is 0.638. The Bertz CT molecular complexity index is 262. The second-order valence-electron chi connectivity index (χ2n) is 8.20. The predicted molar refractivity (Wildman–Crippen MR) is 73.8 cm³/mol. The first-order chi connectivity index (χ1) is 8.00. The highest BCUT2D eigenvalue weighted by Crippen LogP contribution is 2.64. The molecular weight excluding hydrogens is 204 g/mol. The van der Waals surface area contributed by atoms with Crippen LogP contribution in [-0.4, -0.2) is 0 Å².